The zero-order chi connectivity index (χ0) is 28.5. The average Bonchev–Trinajstić information content (AvgIpc) is 2.96. The smallest absolute Gasteiger partial charge is 0.407 e. The molecule has 0 saturated carbocycles. The van der Waals surface area contributed by atoms with E-state index in [1.807, 2.05) is 74.5 Å². The number of aliphatic hydroxyl groups is 1. The quantitative estimate of drug-likeness (QED) is 0.518. The van der Waals surface area contributed by atoms with Crippen LogP contribution in [0, 0.1) is 5.41 Å². The summed E-state index contributed by atoms with van der Waals surface area (Å²) < 4.78 is 1.43. The molecule has 3 aromatic rings. The van der Waals surface area contributed by atoms with E-state index in [0.29, 0.717) is 12.2 Å². The lowest BCUT2D eigenvalue weighted by molar-refractivity contribution is -0.123. The van der Waals surface area contributed by atoms with Gasteiger partial charge in [0.15, 0.2) is 0 Å². The van der Waals surface area contributed by atoms with Crippen LogP contribution in [0.2, 0.25) is 0 Å². The first-order chi connectivity index (χ1) is 19.1. The first kappa shape index (κ1) is 27.4. The molecule has 210 valence electrons. The van der Waals surface area contributed by atoms with Crippen molar-refractivity contribution in [2.75, 3.05) is 32.7 Å². The van der Waals surface area contributed by atoms with Crippen LogP contribution in [-0.4, -0.2) is 84.9 Å². The molecule has 10 heteroatoms. The molecular weight excluding hydrogens is 510 g/mol. The van der Waals surface area contributed by atoms with Gasteiger partial charge in [-0.1, -0.05) is 74.5 Å². The van der Waals surface area contributed by atoms with E-state index in [0.717, 1.165) is 11.1 Å². The van der Waals surface area contributed by atoms with Crippen molar-refractivity contribution in [3.63, 3.8) is 0 Å². The Morgan fingerprint density at radius 3 is 2.27 bits per heavy atom. The summed E-state index contributed by atoms with van der Waals surface area (Å²) in [6.45, 7) is 5.17. The SMILES string of the molecule is CC1(C)CN(C(=O)N2CCN(C(=O)O)CC2c2ccccc2)CC[C@@]1(O)Cn1cnc(-c2ccccc2)cc1=O. The van der Waals surface area contributed by atoms with Crippen molar-refractivity contribution in [1.82, 2.24) is 24.3 Å². The van der Waals surface area contributed by atoms with Crippen molar-refractivity contribution < 1.29 is 19.8 Å². The largest absolute Gasteiger partial charge is 0.465 e. The van der Waals surface area contributed by atoms with E-state index in [2.05, 4.69) is 4.98 Å². The number of amides is 3. The number of urea groups is 1. The van der Waals surface area contributed by atoms with Crippen LogP contribution in [0.5, 0.6) is 0 Å². The van der Waals surface area contributed by atoms with Gasteiger partial charge in [-0.3, -0.25) is 9.36 Å². The molecule has 2 fully saturated rings. The van der Waals surface area contributed by atoms with Gasteiger partial charge in [-0.2, -0.15) is 0 Å². The Hall–Kier alpha value is -4.18. The van der Waals surface area contributed by atoms with Crippen LogP contribution in [0.15, 0.2) is 77.9 Å². The number of carbonyl (C=O) groups is 2. The third-order valence-electron chi connectivity index (χ3n) is 8.37. The van der Waals surface area contributed by atoms with E-state index < -0.39 is 23.2 Å². The van der Waals surface area contributed by atoms with Crippen LogP contribution in [0.3, 0.4) is 0 Å². The lowest BCUT2D eigenvalue weighted by Gasteiger charge is -2.52. The fourth-order valence-corrected chi connectivity index (χ4v) is 5.74. The fraction of sp³-hybridized carbons (Fsp3) is 0.400. The second kappa shape index (κ2) is 10.8. The molecule has 2 N–H and O–H groups in total. The topological polar surface area (TPSA) is 119 Å². The van der Waals surface area contributed by atoms with Gasteiger partial charge < -0.3 is 24.9 Å². The van der Waals surface area contributed by atoms with Crippen molar-refractivity contribution in [1.29, 1.82) is 0 Å². The predicted octanol–water partition coefficient (Wildman–Crippen LogP) is 3.53. The molecule has 3 amide bonds. The summed E-state index contributed by atoms with van der Waals surface area (Å²) in [5.74, 6) is 0. The molecule has 0 spiro atoms. The first-order valence-electron chi connectivity index (χ1n) is 13.5. The van der Waals surface area contributed by atoms with Gasteiger partial charge in [0.1, 0.15) is 0 Å². The highest BCUT2D eigenvalue weighted by Gasteiger charge is 2.50. The van der Waals surface area contributed by atoms with Crippen molar-refractivity contribution in [2.24, 2.45) is 5.41 Å². The Labute approximate surface area is 233 Å². The number of carbonyl (C=O) groups excluding carboxylic acids is 1. The zero-order valence-electron chi connectivity index (χ0n) is 22.8. The molecule has 2 aliphatic rings. The molecule has 0 bridgehead atoms. The van der Waals surface area contributed by atoms with Crippen LogP contribution < -0.4 is 5.56 Å². The summed E-state index contributed by atoms with van der Waals surface area (Å²) in [5, 5.41) is 21.4. The van der Waals surface area contributed by atoms with Gasteiger partial charge >= 0.3 is 12.1 Å². The molecule has 5 rings (SSSR count). The van der Waals surface area contributed by atoms with Crippen molar-refractivity contribution in [3.8, 4) is 11.3 Å². The number of carboxylic acid groups (broad SMARTS) is 1. The molecule has 2 atom stereocenters. The summed E-state index contributed by atoms with van der Waals surface area (Å²) >= 11 is 0. The summed E-state index contributed by atoms with van der Waals surface area (Å²) in [5.41, 5.74) is 0.0626. The second-order valence-corrected chi connectivity index (χ2v) is 11.3. The van der Waals surface area contributed by atoms with Gasteiger partial charge in [-0.05, 0) is 12.0 Å². The van der Waals surface area contributed by atoms with Crippen LogP contribution in [-0.2, 0) is 6.54 Å². The number of rotatable bonds is 4. The number of nitrogens with zero attached hydrogens (tertiary/aromatic N) is 5. The fourth-order valence-electron chi connectivity index (χ4n) is 5.74. The molecule has 0 aliphatic carbocycles. The van der Waals surface area contributed by atoms with E-state index in [1.165, 1.54) is 21.9 Å². The number of piperazine rings is 1. The monoisotopic (exact) mass is 545 g/mol. The van der Waals surface area contributed by atoms with E-state index >= 15 is 0 Å². The molecule has 2 saturated heterocycles. The molecule has 1 unspecified atom stereocenters. The number of hydrogen-bond donors (Lipinski definition) is 2. The van der Waals surface area contributed by atoms with Gasteiger partial charge in [0.25, 0.3) is 5.56 Å². The summed E-state index contributed by atoms with van der Waals surface area (Å²) in [6.07, 6.45) is 0.755. The maximum Gasteiger partial charge on any atom is 0.407 e. The van der Waals surface area contributed by atoms with Gasteiger partial charge in [-0.25, -0.2) is 14.6 Å². The number of piperidine rings is 1. The minimum absolute atomic E-state index is 0.0624. The van der Waals surface area contributed by atoms with E-state index in [4.69, 9.17) is 0 Å². The standard InChI is InChI=1S/C30H35N5O5/c1-29(2)19-33(27(37)35-16-15-32(28(38)39)18-25(35)23-11-7-4-8-12-23)14-13-30(29,40)20-34-21-31-24(17-26(34)36)22-9-5-3-6-10-22/h3-12,17,21,25,40H,13-16,18-20H2,1-2H3,(H,38,39)/t25?,30-/m1/s1. The molecule has 40 heavy (non-hydrogen) atoms. The van der Waals surface area contributed by atoms with E-state index in [1.54, 1.807) is 9.80 Å². The predicted molar refractivity (Wildman–Crippen MR) is 150 cm³/mol. The number of likely N-dealkylation sites (tertiary alicyclic amines) is 1. The lowest BCUT2D eigenvalue weighted by Crippen LogP contribution is -2.63. The van der Waals surface area contributed by atoms with Crippen LogP contribution in [0.25, 0.3) is 11.3 Å². The summed E-state index contributed by atoms with van der Waals surface area (Å²) in [7, 11) is 0. The number of benzene rings is 2. The van der Waals surface area contributed by atoms with Crippen LogP contribution >= 0.6 is 0 Å². The number of aromatic nitrogens is 2. The Kier molecular flexibility index (Phi) is 7.37. The average molecular weight is 546 g/mol. The molecular formula is C30H35N5O5. The molecule has 10 nitrogen and oxygen atoms in total. The molecule has 2 aliphatic heterocycles. The Morgan fingerprint density at radius 1 is 0.975 bits per heavy atom. The van der Waals surface area contributed by atoms with Crippen LogP contribution in [0.1, 0.15) is 31.9 Å². The van der Waals surface area contributed by atoms with Crippen molar-refractivity contribution in [3.05, 3.63) is 89.0 Å². The van der Waals surface area contributed by atoms with Crippen LogP contribution in [0.4, 0.5) is 9.59 Å². The molecule has 1 aromatic heterocycles. The Balaban J connectivity index is 1.32. The van der Waals surface area contributed by atoms with E-state index in [9.17, 15) is 24.6 Å². The number of hydrogen-bond acceptors (Lipinski definition) is 5. The third kappa shape index (κ3) is 5.31. The van der Waals surface area contributed by atoms with Gasteiger partial charge in [0.2, 0.25) is 0 Å². The van der Waals surface area contributed by atoms with Gasteiger partial charge in [-0.15, -0.1) is 0 Å². The van der Waals surface area contributed by atoms with E-state index in [-0.39, 0.29) is 50.7 Å². The normalized spacial score (nSPS) is 22.7. The van der Waals surface area contributed by atoms with Crippen molar-refractivity contribution >= 4 is 12.1 Å². The summed E-state index contributed by atoms with van der Waals surface area (Å²) in [4.78, 5) is 47.8. The highest BCUT2D eigenvalue weighted by Crippen LogP contribution is 2.40. The van der Waals surface area contributed by atoms with Gasteiger partial charge in [0.05, 0.1) is 30.2 Å². The Morgan fingerprint density at radius 2 is 1.65 bits per heavy atom. The molecule has 3 heterocycles. The first-order valence-corrected chi connectivity index (χ1v) is 13.5. The zero-order valence-corrected chi connectivity index (χ0v) is 22.8. The van der Waals surface area contributed by atoms with Crippen molar-refractivity contribution in [2.45, 2.75) is 38.5 Å². The lowest BCUT2D eigenvalue weighted by atomic mass is 9.70. The second-order valence-electron chi connectivity index (χ2n) is 11.3. The maximum absolute atomic E-state index is 13.8. The maximum atomic E-state index is 13.8. The molecule has 2 aromatic carbocycles. The highest BCUT2D eigenvalue weighted by molar-refractivity contribution is 5.76. The van der Waals surface area contributed by atoms with Gasteiger partial charge in [0, 0.05) is 49.8 Å². The minimum atomic E-state index is -1.25. The Bertz CT molecular complexity index is 1430. The minimum Gasteiger partial charge on any atom is -0.465 e. The third-order valence-corrected chi connectivity index (χ3v) is 8.37. The summed E-state index contributed by atoms with van der Waals surface area (Å²) in [6, 6.07) is 19.8. The molecule has 0 radical (unpaired) electrons. The highest BCUT2D eigenvalue weighted by atomic mass is 16.4.